The van der Waals surface area contributed by atoms with Crippen LogP contribution in [-0.4, -0.2) is 20.4 Å². The van der Waals surface area contributed by atoms with Gasteiger partial charge in [0, 0.05) is 11.6 Å². The molecule has 0 aromatic heterocycles. The van der Waals surface area contributed by atoms with Crippen molar-refractivity contribution in [2.45, 2.75) is 20.3 Å². The molecule has 2 aromatic rings. The van der Waals surface area contributed by atoms with Gasteiger partial charge in [-0.15, -0.1) is 0 Å². The first-order valence-corrected chi connectivity index (χ1v) is 7.25. The molecule has 0 fully saturated rings. The Kier molecular flexibility index (Phi) is 4.96. The third-order valence-corrected chi connectivity index (χ3v) is 3.41. The molecule has 4 N–H and O–H groups in total. The minimum absolute atomic E-state index is 0.0170. The fourth-order valence-corrected chi connectivity index (χ4v) is 2.17. The van der Waals surface area contributed by atoms with Gasteiger partial charge in [-0.25, -0.2) is 0 Å². The van der Waals surface area contributed by atoms with Crippen molar-refractivity contribution in [1.82, 2.24) is 0 Å². The van der Waals surface area contributed by atoms with E-state index in [0.717, 1.165) is 5.57 Å². The van der Waals surface area contributed by atoms with Gasteiger partial charge in [0.2, 0.25) is 0 Å². The standard InChI is InChI=1S/C19H20O4/c1-12(2)3-7-16-14(10-15(20)11-18(16)22)6-4-13-5-8-17(21)19(23)9-13/h3-6,8-11,20-23H,7H2,1-2H3/b6-4+. The lowest BCUT2D eigenvalue weighted by Gasteiger charge is -2.08. The highest BCUT2D eigenvalue weighted by molar-refractivity contribution is 5.74. The summed E-state index contributed by atoms with van der Waals surface area (Å²) in [7, 11) is 0. The lowest BCUT2D eigenvalue weighted by molar-refractivity contribution is 0.403. The molecule has 0 amide bonds. The van der Waals surface area contributed by atoms with Gasteiger partial charge >= 0.3 is 0 Å². The van der Waals surface area contributed by atoms with Crippen molar-refractivity contribution in [3.8, 4) is 23.0 Å². The minimum atomic E-state index is -0.198. The Morgan fingerprint density at radius 3 is 2.26 bits per heavy atom. The number of benzene rings is 2. The molecule has 0 saturated heterocycles. The molecule has 0 saturated carbocycles. The molecule has 2 aromatic carbocycles. The Morgan fingerprint density at radius 1 is 0.870 bits per heavy atom. The van der Waals surface area contributed by atoms with Crippen molar-refractivity contribution in [2.75, 3.05) is 0 Å². The first-order chi connectivity index (χ1) is 10.9. The van der Waals surface area contributed by atoms with Crippen LogP contribution in [0.5, 0.6) is 23.0 Å². The number of phenolic OH excluding ortho intramolecular Hbond substituents is 4. The highest BCUT2D eigenvalue weighted by Crippen LogP contribution is 2.30. The van der Waals surface area contributed by atoms with Crippen LogP contribution in [0.1, 0.15) is 30.5 Å². The topological polar surface area (TPSA) is 80.9 Å². The van der Waals surface area contributed by atoms with E-state index in [-0.39, 0.29) is 23.0 Å². The van der Waals surface area contributed by atoms with E-state index in [1.807, 2.05) is 19.9 Å². The summed E-state index contributed by atoms with van der Waals surface area (Å²) in [5.41, 5.74) is 3.22. The number of hydrogen-bond acceptors (Lipinski definition) is 4. The number of allylic oxidation sites excluding steroid dienone is 2. The van der Waals surface area contributed by atoms with Gasteiger partial charge < -0.3 is 20.4 Å². The molecule has 4 heteroatoms. The van der Waals surface area contributed by atoms with Crippen LogP contribution in [0.15, 0.2) is 42.0 Å². The van der Waals surface area contributed by atoms with Gasteiger partial charge in [-0.05, 0) is 49.6 Å². The highest BCUT2D eigenvalue weighted by Gasteiger charge is 2.07. The second-order valence-corrected chi connectivity index (χ2v) is 5.60. The second-order valence-electron chi connectivity index (χ2n) is 5.60. The summed E-state index contributed by atoms with van der Waals surface area (Å²) in [6.07, 6.45) is 6.03. The van der Waals surface area contributed by atoms with Crippen LogP contribution in [0.3, 0.4) is 0 Å². The molecule has 0 unspecified atom stereocenters. The molecule has 0 aliphatic heterocycles. The first kappa shape index (κ1) is 16.5. The zero-order valence-electron chi connectivity index (χ0n) is 13.1. The Hall–Kier alpha value is -2.88. The molecule has 0 atom stereocenters. The van der Waals surface area contributed by atoms with E-state index < -0.39 is 0 Å². The van der Waals surface area contributed by atoms with Crippen molar-refractivity contribution >= 4 is 12.2 Å². The maximum atomic E-state index is 10.1. The van der Waals surface area contributed by atoms with Crippen LogP contribution in [-0.2, 0) is 6.42 Å². The van der Waals surface area contributed by atoms with Crippen LogP contribution < -0.4 is 0 Å². The van der Waals surface area contributed by atoms with Crippen LogP contribution in [0, 0.1) is 0 Å². The number of aromatic hydroxyl groups is 4. The smallest absolute Gasteiger partial charge is 0.157 e. The molecule has 0 heterocycles. The maximum Gasteiger partial charge on any atom is 0.157 e. The quantitative estimate of drug-likeness (QED) is 0.388. The molecule has 0 aliphatic rings. The zero-order valence-corrected chi connectivity index (χ0v) is 13.1. The molecular weight excluding hydrogens is 292 g/mol. The third-order valence-electron chi connectivity index (χ3n) is 3.41. The van der Waals surface area contributed by atoms with Gasteiger partial charge in [0.25, 0.3) is 0 Å². The number of hydrogen-bond donors (Lipinski definition) is 4. The molecule has 0 aliphatic carbocycles. The van der Waals surface area contributed by atoms with Crippen molar-refractivity contribution in [3.63, 3.8) is 0 Å². The van der Waals surface area contributed by atoms with Crippen LogP contribution in [0.25, 0.3) is 12.2 Å². The minimum Gasteiger partial charge on any atom is -0.508 e. The van der Waals surface area contributed by atoms with Crippen molar-refractivity contribution < 1.29 is 20.4 Å². The van der Waals surface area contributed by atoms with Crippen LogP contribution in [0.4, 0.5) is 0 Å². The lowest BCUT2D eigenvalue weighted by Crippen LogP contribution is -1.89. The molecule has 0 spiro atoms. The number of rotatable bonds is 4. The highest BCUT2D eigenvalue weighted by atomic mass is 16.3. The molecule has 0 bridgehead atoms. The monoisotopic (exact) mass is 312 g/mol. The van der Waals surface area contributed by atoms with E-state index in [4.69, 9.17) is 0 Å². The fraction of sp³-hybridized carbons (Fsp3) is 0.158. The van der Waals surface area contributed by atoms with Gasteiger partial charge in [-0.3, -0.25) is 0 Å². The Morgan fingerprint density at radius 2 is 1.61 bits per heavy atom. The Balaban J connectivity index is 2.39. The normalized spacial score (nSPS) is 10.9. The van der Waals surface area contributed by atoms with E-state index in [0.29, 0.717) is 23.1 Å². The summed E-state index contributed by atoms with van der Waals surface area (Å²) in [5, 5.41) is 38.6. The van der Waals surface area contributed by atoms with E-state index >= 15 is 0 Å². The lowest BCUT2D eigenvalue weighted by atomic mass is 10.0. The predicted octanol–water partition coefficient (Wildman–Crippen LogP) is 4.19. The fourth-order valence-electron chi connectivity index (χ4n) is 2.17. The summed E-state index contributed by atoms with van der Waals surface area (Å²) >= 11 is 0. The van der Waals surface area contributed by atoms with E-state index in [1.165, 1.54) is 18.2 Å². The van der Waals surface area contributed by atoms with Gasteiger partial charge in [0.15, 0.2) is 11.5 Å². The Labute approximate surface area is 135 Å². The van der Waals surface area contributed by atoms with E-state index in [9.17, 15) is 20.4 Å². The largest absolute Gasteiger partial charge is 0.508 e. The van der Waals surface area contributed by atoms with Gasteiger partial charge in [-0.1, -0.05) is 29.9 Å². The van der Waals surface area contributed by atoms with Crippen molar-refractivity contribution in [1.29, 1.82) is 0 Å². The first-order valence-electron chi connectivity index (χ1n) is 7.25. The summed E-state index contributed by atoms with van der Waals surface area (Å²) in [4.78, 5) is 0. The number of phenols is 4. The summed E-state index contributed by atoms with van der Waals surface area (Å²) in [6.45, 7) is 3.96. The maximum absolute atomic E-state index is 10.1. The van der Waals surface area contributed by atoms with Gasteiger partial charge in [0.05, 0.1) is 0 Å². The molecule has 0 radical (unpaired) electrons. The molecule has 4 nitrogen and oxygen atoms in total. The molecule has 23 heavy (non-hydrogen) atoms. The zero-order chi connectivity index (χ0) is 17.0. The molecule has 120 valence electrons. The van der Waals surface area contributed by atoms with E-state index in [2.05, 4.69) is 0 Å². The van der Waals surface area contributed by atoms with Gasteiger partial charge in [-0.2, -0.15) is 0 Å². The molecular formula is C19H20O4. The van der Waals surface area contributed by atoms with Crippen LogP contribution in [0.2, 0.25) is 0 Å². The van der Waals surface area contributed by atoms with Crippen molar-refractivity contribution in [2.24, 2.45) is 0 Å². The third kappa shape index (κ3) is 4.30. The van der Waals surface area contributed by atoms with Gasteiger partial charge in [0.1, 0.15) is 11.5 Å². The average molecular weight is 312 g/mol. The van der Waals surface area contributed by atoms with E-state index in [1.54, 1.807) is 24.3 Å². The summed E-state index contributed by atoms with van der Waals surface area (Å²) in [6, 6.07) is 7.38. The van der Waals surface area contributed by atoms with Crippen LogP contribution >= 0.6 is 0 Å². The summed E-state index contributed by atoms with van der Waals surface area (Å²) in [5.74, 6) is -0.357. The predicted molar refractivity (Wildman–Crippen MR) is 91.6 cm³/mol. The molecule has 2 rings (SSSR count). The Bertz CT molecular complexity index is 769. The second kappa shape index (κ2) is 6.92. The van der Waals surface area contributed by atoms with Crippen molar-refractivity contribution in [3.05, 3.63) is 58.7 Å². The summed E-state index contributed by atoms with van der Waals surface area (Å²) < 4.78 is 0. The SMILES string of the molecule is CC(C)=CCc1c(O)cc(O)cc1/C=C/c1ccc(O)c(O)c1. The average Bonchev–Trinajstić information content (AvgIpc) is 2.47.